The largest absolute Gasteiger partial charge is 0.384 e. The summed E-state index contributed by atoms with van der Waals surface area (Å²) < 4.78 is 0. The highest BCUT2D eigenvalue weighted by Crippen LogP contribution is 2.42. The lowest BCUT2D eigenvalue weighted by molar-refractivity contribution is -0.0130. The van der Waals surface area contributed by atoms with Crippen LogP contribution in [0.3, 0.4) is 0 Å². The molecule has 26 heavy (non-hydrogen) atoms. The van der Waals surface area contributed by atoms with Crippen molar-refractivity contribution in [1.29, 1.82) is 0 Å². The summed E-state index contributed by atoms with van der Waals surface area (Å²) in [5, 5.41) is 13.0. The molecule has 0 unspecified atom stereocenters. The summed E-state index contributed by atoms with van der Waals surface area (Å²) in [6, 6.07) is 8.31. The van der Waals surface area contributed by atoms with Crippen molar-refractivity contribution in [2.24, 2.45) is 5.92 Å². The van der Waals surface area contributed by atoms with Crippen LogP contribution in [0.25, 0.3) is 0 Å². The second-order valence-electron chi connectivity index (χ2n) is 7.78. The first-order chi connectivity index (χ1) is 12.7. The first-order valence-electron chi connectivity index (χ1n) is 9.87. The van der Waals surface area contributed by atoms with Gasteiger partial charge in [-0.3, -0.25) is 9.88 Å². The fraction of sp³-hybridized carbons (Fsp3) is 0.571. The van der Waals surface area contributed by atoms with E-state index >= 15 is 0 Å². The lowest BCUT2D eigenvalue weighted by atomic mass is 9.77. The van der Waals surface area contributed by atoms with Gasteiger partial charge in [0.05, 0.1) is 17.5 Å². The molecule has 5 heteroatoms. The van der Waals surface area contributed by atoms with Gasteiger partial charge in [-0.15, -0.1) is 11.3 Å². The van der Waals surface area contributed by atoms with E-state index in [1.807, 2.05) is 18.5 Å². The molecule has 2 fully saturated rings. The van der Waals surface area contributed by atoms with Crippen LogP contribution in [0, 0.1) is 5.92 Å². The Morgan fingerprint density at radius 1 is 1.12 bits per heavy atom. The molecule has 2 aromatic heterocycles. The van der Waals surface area contributed by atoms with Gasteiger partial charge >= 0.3 is 0 Å². The molecular weight excluding hydrogens is 342 g/mol. The first kappa shape index (κ1) is 18.0. The summed E-state index contributed by atoms with van der Waals surface area (Å²) >= 11 is 1.70. The molecule has 0 atom stereocenters. The van der Waals surface area contributed by atoms with Crippen LogP contribution in [0.15, 0.2) is 42.0 Å². The molecule has 4 nitrogen and oxygen atoms in total. The Balaban J connectivity index is 1.19. The zero-order chi connectivity index (χ0) is 17.8. The van der Waals surface area contributed by atoms with Crippen LogP contribution >= 0.6 is 11.3 Å². The number of aliphatic hydroxyl groups is 1. The molecule has 1 aliphatic heterocycles. The van der Waals surface area contributed by atoms with E-state index in [1.165, 1.54) is 18.7 Å². The Labute approximate surface area is 160 Å². The first-order valence-corrected chi connectivity index (χ1v) is 10.7. The lowest BCUT2D eigenvalue weighted by Crippen LogP contribution is -2.47. The number of hydrogen-bond donors (Lipinski definition) is 1. The summed E-state index contributed by atoms with van der Waals surface area (Å²) in [5.41, 5.74) is 0.687. The summed E-state index contributed by atoms with van der Waals surface area (Å²) in [6.07, 6.45) is 9.23. The zero-order valence-corrected chi connectivity index (χ0v) is 16.2. The average molecular weight is 372 g/mol. The number of pyridine rings is 1. The van der Waals surface area contributed by atoms with Gasteiger partial charge in [0.1, 0.15) is 0 Å². The second kappa shape index (κ2) is 8.07. The maximum Gasteiger partial charge on any atom is 0.0988 e. The predicted octanol–water partition coefficient (Wildman–Crippen LogP) is 3.73. The highest BCUT2D eigenvalue weighted by atomic mass is 32.1. The molecule has 0 aromatic carbocycles. The molecule has 0 radical (unpaired) electrons. The van der Waals surface area contributed by atoms with Crippen molar-refractivity contribution in [2.75, 3.05) is 37.6 Å². The SMILES string of the molecule is OC1(c2cccs2)CCC(CCN2CCN(c3cccnc3)CC2)CC1. The van der Waals surface area contributed by atoms with Gasteiger partial charge < -0.3 is 10.0 Å². The molecule has 1 saturated carbocycles. The summed E-state index contributed by atoms with van der Waals surface area (Å²) in [5.74, 6) is 0.770. The average Bonchev–Trinajstić information content (AvgIpc) is 3.25. The van der Waals surface area contributed by atoms with Gasteiger partial charge in [-0.2, -0.15) is 0 Å². The Bertz CT molecular complexity index is 660. The van der Waals surface area contributed by atoms with E-state index in [2.05, 4.69) is 38.4 Å². The molecular formula is C21H29N3OS. The minimum Gasteiger partial charge on any atom is -0.384 e. The Morgan fingerprint density at radius 3 is 2.58 bits per heavy atom. The Morgan fingerprint density at radius 2 is 1.92 bits per heavy atom. The molecule has 0 bridgehead atoms. The van der Waals surface area contributed by atoms with Crippen LogP contribution in [-0.4, -0.2) is 47.7 Å². The minimum absolute atomic E-state index is 0.556. The van der Waals surface area contributed by atoms with Crippen molar-refractivity contribution in [3.05, 3.63) is 46.9 Å². The molecule has 1 aliphatic carbocycles. The molecule has 0 spiro atoms. The van der Waals surface area contributed by atoms with Crippen molar-refractivity contribution in [3.63, 3.8) is 0 Å². The van der Waals surface area contributed by atoms with E-state index in [0.717, 1.165) is 62.7 Å². The van der Waals surface area contributed by atoms with E-state index in [9.17, 15) is 5.11 Å². The van der Waals surface area contributed by atoms with Crippen molar-refractivity contribution in [2.45, 2.75) is 37.7 Å². The number of rotatable bonds is 5. The number of anilines is 1. The van der Waals surface area contributed by atoms with E-state index in [4.69, 9.17) is 0 Å². The summed E-state index contributed by atoms with van der Waals surface area (Å²) in [4.78, 5) is 10.4. The molecule has 2 aromatic rings. The van der Waals surface area contributed by atoms with Crippen LogP contribution in [0.5, 0.6) is 0 Å². The number of piperazine rings is 1. The predicted molar refractivity (Wildman–Crippen MR) is 108 cm³/mol. The molecule has 140 valence electrons. The zero-order valence-electron chi connectivity index (χ0n) is 15.4. The fourth-order valence-corrected chi connectivity index (χ4v) is 5.25. The summed E-state index contributed by atoms with van der Waals surface area (Å²) in [6.45, 7) is 5.66. The number of thiophene rings is 1. The summed E-state index contributed by atoms with van der Waals surface area (Å²) in [7, 11) is 0. The van der Waals surface area contributed by atoms with Gasteiger partial charge in [0.25, 0.3) is 0 Å². The third kappa shape index (κ3) is 4.11. The maximum absolute atomic E-state index is 10.9. The normalized spacial score (nSPS) is 27.6. The highest BCUT2D eigenvalue weighted by Gasteiger charge is 2.35. The second-order valence-corrected chi connectivity index (χ2v) is 8.73. The van der Waals surface area contributed by atoms with Crippen molar-refractivity contribution >= 4 is 17.0 Å². The van der Waals surface area contributed by atoms with E-state index < -0.39 is 5.60 Å². The monoisotopic (exact) mass is 371 g/mol. The minimum atomic E-state index is -0.556. The molecule has 1 saturated heterocycles. The van der Waals surface area contributed by atoms with Gasteiger partial charge in [0.2, 0.25) is 0 Å². The van der Waals surface area contributed by atoms with E-state index in [1.54, 1.807) is 11.3 Å². The van der Waals surface area contributed by atoms with Gasteiger partial charge in [0, 0.05) is 37.3 Å². The molecule has 1 N–H and O–H groups in total. The van der Waals surface area contributed by atoms with E-state index in [0.29, 0.717) is 0 Å². The van der Waals surface area contributed by atoms with Crippen molar-refractivity contribution in [1.82, 2.24) is 9.88 Å². The number of hydrogen-bond acceptors (Lipinski definition) is 5. The highest BCUT2D eigenvalue weighted by molar-refractivity contribution is 7.10. The third-order valence-electron chi connectivity index (χ3n) is 6.15. The molecule has 3 heterocycles. The smallest absolute Gasteiger partial charge is 0.0988 e. The molecule has 2 aliphatic rings. The maximum atomic E-state index is 10.9. The van der Waals surface area contributed by atoms with Crippen LogP contribution in [0.2, 0.25) is 0 Å². The third-order valence-corrected chi connectivity index (χ3v) is 7.21. The Hall–Kier alpha value is -1.43. The van der Waals surface area contributed by atoms with E-state index in [-0.39, 0.29) is 0 Å². The number of aromatic nitrogens is 1. The fourth-order valence-electron chi connectivity index (χ4n) is 4.37. The van der Waals surface area contributed by atoms with Gasteiger partial charge in [-0.25, -0.2) is 0 Å². The number of nitrogens with zero attached hydrogens (tertiary/aromatic N) is 3. The van der Waals surface area contributed by atoms with Crippen LogP contribution in [-0.2, 0) is 5.60 Å². The Kier molecular flexibility index (Phi) is 5.57. The topological polar surface area (TPSA) is 39.6 Å². The quantitative estimate of drug-likeness (QED) is 0.869. The van der Waals surface area contributed by atoms with Crippen molar-refractivity contribution in [3.8, 4) is 0 Å². The van der Waals surface area contributed by atoms with Crippen LogP contribution in [0.1, 0.15) is 37.0 Å². The van der Waals surface area contributed by atoms with Gasteiger partial charge in [0.15, 0.2) is 0 Å². The standard InChI is InChI=1S/C21H29N3OS/c25-21(20-4-2-16-26-20)8-5-18(6-9-21)7-11-23-12-14-24(15-13-23)19-3-1-10-22-17-19/h1-4,10,16-18,25H,5-9,11-15H2. The lowest BCUT2D eigenvalue weighted by Gasteiger charge is -2.38. The molecule has 4 rings (SSSR count). The van der Waals surface area contributed by atoms with Crippen LogP contribution in [0.4, 0.5) is 5.69 Å². The van der Waals surface area contributed by atoms with Gasteiger partial charge in [-0.05, 0) is 68.1 Å². The molecule has 0 amide bonds. The van der Waals surface area contributed by atoms with Crippen molar-refractivity contribution < 1.29 is 5.11 Å². The van der Waals surface area contributed by atoms with Crippen LogP contribution < -0.4 is 4.90 Å². The van der Waals surface area contributed by atoms with Gasteiger partial charge in [-0.1, -0.05) is 6.07 Å².